The first-order valence-corrected chi connectivity index (χ1v) is 5.74. The van der Waals surface area contributed by atoms with E-state index in [0.29, 0.717) is 12.3 Å². The van der Waals surface area contributed by atoms with E-state index < -0.39 is 6.04 Å². The van der Waals surface area contributed by atoms with Crippen LogP contribution in [-0.4, -0.2) is 24.1 Å². The summed E-state index contributed by atoms with van der Waals surface area (Å²) in [6.07, 6.45) is 0.668. The third-order valence-electron chi connectivity index (χ3n) is 2.61. The molecule has 17 heavy (non-hydrogen) atoms. The van der Waals surface area contributed by atoms with Crippen molar-refractivity contribution in [1.82, 2.24) is 0 Å². The second-order valence-corrected chi connectivity index (χ2v) is 4.65. The molecule has 1 aromatic rings. The highest BCUT2D eigenvalue weighted by molar-refractivity contribution is 5.96. The number of likely N-dealkylation sites (N-methyl/N-ethyl adjacent to an activating group) is 1. The molecule has 4 nitrogen and oxygen atoms in total. The van der Waals surface area contributed by atoms with Crippen LogP contribution < -0.4 is 10.6 Å². The van der Waals surface area contributed by atoms with Crippen molar-refractivity contribution in [3.05, 3.63) is 24.3 Å². The lowest BCUT2D eigenvalue weighted by Crippen LogP contribution is -2.42. The molecule has 0 saturated carbocycles. The molecule has 0 fully saturated rings. The van der Waals surface area contributed by atoms with Gasteiger partial charge in [0, 0.05) is 12.7 Å². The molecule has 0 aliphatic rings. The molecule has 0 saturated heterocycles. The van der Waals surface area contributed by atoms with E-state index >= 15 is 0 Å². The smallest absolute Gasteiger partial charge is 0.243 e. The number of aromatic hydroxyl groups is 1. The lowest BCUT2D eigenvalue weighted by molar-refractivity contribution is -0.119. The zero-order chi connectivity index (χ0) is 13.0. The first kappa shape index (κ1) is 13.5. The summed E-state index contributed by atoms with van der Waals surface area (Å²) in [6, 6.07) is 6.00. The second kappa shape index (κ2) is 5.68. The molecule has 1 aromatic carbocycles. The highest BCUT2D eigenvalue weighted by Gasteiger charge is 2.19. The number of hydrogen-bond acceptors (Lipinski definition) is 3. The number of hydrogen-bond donors (Lipinski definition) is 2. The number of nitrogens with zero attached hydrogens (tertiary/aromatic N) is 1. The van der Waals surface area contributed by atoms with Gasteiger partial charge in [-0.1, -0.05) is 13.8 Å². The summed E-state index contributed by atoms with van der Waals surface area (Å²) in [6.45, 7) is 4.07. The van der Waals surface area contributed by atoms with Crippen molar-refractivity contribution in [2.45, 2.75) is 26.3 Å². The molecule has 0 heterocycles. The molecule has 0 bridgehead atoms. The molecular weight excluding hydrogens is 216 g/mol. The molecule has 0 aromatic heterocycles. The molecule has 4 heteroatoms. The zero-order valence-corrected chi connectivity index (χ0v) is 10.6. The van der Waals surface area contributed by atoms with Gasteiger partial charge in [0.1, 0.15) is 5.75 Å². The Labute approximate surface area is 102 Å². The van der Waals surface area contributed by atoms with Crippen molar-refractivity contribution in [3.63, 3.8) is 0 Å². The summed E-state index contributed by atoms with van der Waals surface area (Å²) < 4.78 is 0. The van der Waals surface area contributed by atoms with Gasteiger partial charge in [-0.3, -0.25) is 4.79 Å². The molecule has 94 valence electrons. The van der Waals surface area contributed by atoms with Crippen molar-refractivity contribution < 1.29 is 9.90 Å². The first-order chi connectivity index (χ1) is 7.91. The Morgan fingerprint density at radius 2 is 1.88 bits per heavy atom. The van der Waals surface area contributed by atoms with Gasteiger partial charge >= 0.3 is 0 Å². The summed E-state index contributed by atoms with van der Waals surface area (Å²) in [7, 11) is 1.69. The second-order valence-electron chi connectivity index (χ2n) is 4.65. The van der Waals surface area contributed by atoms with E-state index in [0.717, 1.165) is 5.69 Å². The third-order valence-corrected chi connectivity index (χ3v) is 2.61. The Hall–Kier alpha value is -1.55. The van der Waals surface area contributed by atoms with Crippen molar-refractivity contribution in [3.8, 4) is 5.75 Å². The Morgan fingerprint density at radius 3 is 2.35 bits per heavy atom. The highest BCUT2D eigenvalue weighted by Crippen LogP contribution is 2.18. The Morgan fingerprint density at radius 1 is 1.35 bits per heavy atom. The summed E-state index contributed by atoms with van der Waals surface area (Å²) in [5.74, 6) is 0.465. The lowest BCUT2D eigenvalue weighted by Gasteiger charge is -2.22. The average Bonchev–Trinajstić information content (AvgIpc) is 2.27. The van der Waals surface area contributed by atoms with Crippen molar-refractivity contribution in [2.75, 3.05) is 11.9 Å². The number of phenols is 1. The summed E-state index contributed by atoms with van der Waals surface area (Å²) in [5.41, 5.74) is 6.57. The van der Waals surface area contributed by atoms with Gasteiger partial charge in [0.25, 0.3) is 0 Å². The summed E-state index contributed by atoms with van der Waals surface area (Å²) in [5, 5.41) is 9.18. The van der Waals surface area contributed by atoms with Crippen LogP contribution in [0.4, 0.5) is 5.69 Å². The average molecular weight is 236 g/mol. The van der Waals surface area contributed by atoms with E-state index in [1.807, 2.05) is 13.8 Å². The van der Waals surface area contributed by atoms with E-state index in [2.05, 4.69) is 0 Å². The van der Waals surface area contributed by atoms with Gasteiger partial charge in [0.05, 0.1) is 6.04 Å². The summed E-state index contributed by atoms with van der Waals surface area (Å²) in [4.78, 5) is 13.5. The van der Waals surface area contributed by atoms with Crippen molar-refractivity contribution in [2.24, 2.45) is 11.7 Å². The predicted molar refractivity (Wildman–Crippen MR) is 68.9 cm³/mol. The molecule has 0 aliphatic carbocycles. The van der Waals surface area contributed by atoms with Crippen LogP contribution in [-0.2, 0) is 4.79 Å². The molecule has 3 N–H and O–H groups in total. The largest absolute Gasteiger partial charge is 0.508 e. The molecule has 1 amide bonds. The number of carbonyl (C=O) groups excluding carboxylic acids is 1. The van der Waals surface area contributed by atoms with Gasteiger partial charge in [-0.05, 0) is 36.6 Å². The van der Waals surface area contributed by atoms with Crippen LogP contribution in [0.2, 0.25) is 0 Å². The summed E-state index contributed by atoms with van der Waals surface area (Å²) >= 11 is 0. The van der Waals surface area contributed by atoms with E-state index in [-0.39, 0.29) is 11.7 Å². The fraction of sp³-hybridized carbons (Fsp3) is 0.462. The van der Waals surface area contributed by atoms with Crippen LogP contribution >= 0.6 is 0 Å². The van der Waals surface area contributed by atoms with Crippen LogP contribution in [0, 0.1) is 5.92 Å². The molecule has 0 aliphatic heterocycles. The SMILES string of the molecule is CC(C)C[C@@H](N)C(=O)N(C)c1ccc(O)cc1. The van der Waals surface area contributed by atoms with Gasteiger partial charge in [-0.25, -0.2) is 0 Å². The maximum Gasteiger partial charge on any atom is 0.243 e. The number of amides is 1. The number of phenolic OH excluding ortho intramolecular Hbond substituents is 1. The Kier molecular flexibility index (Phi) is 4.52. The molecular formula is C13H20N2O2. The molecule has 0 radical (unpaired) electrons. The number of benzene rings is 1. The normalized spacial score (nSPS) is 12.5. The highest BCUT2D eigenvalue weighted by atomic mass is 16.3. The Bertz CT molecular complexity index is 374. The zero-order valence-electron chi connectivity index (χ0n) is 10.6. The van der Waals surface area contributed by atoms with Gasteiger partial charge in [0.15, 0.2) is 0 Å². The minimum atomic E-state index is -0.478. The van der Waals surface area contributed by atoms with Crippen molar-refractivity contribution >= 4 is 11.6 Å². The van der Waals surface area contributed by atoms with E-state index in [4.69, 9.17) is 5.73 Å². The third kappa shape index (κ3) is 3.75. The Balaban J connectivity index is 2.72. The van der Waals surface area contributed by atoms with Gasteiger partial charge < -0.3 is 15.7 Å². The van der Waals surface area contributed by atoms with Gasteiger partial charge in [-0.15, -0.1) is 0 Å². The fourth-order valence-electron chi connectivity index (χ4n) is 1.66. The molecule has 0 unspecified atom stereocenters. The van der Waals surface area contributed by atoms with E-state index in [1.54, 1.807) is 31.3 Å². The van der Waals surface area contributed by atoms with Crippen LogP contribution in [0.1, 0.15) is 20.3 Å². The minimum Gasteiger partial charge on any atom is -0.508 e. The van der Waals surface area contributed by atoms with Gasteiger partial charge in [-0.2, -0.15) is 0 Å². The standard InChI is InChI=1S/C13H20N2O2/c1-9(2)8-12(14)13(17)15(3)10-4-6-11(16)7-5-10/h4-7,9,12,16H,8,14H2,1-3H3/t12-/m1/s1. The lowest BCUT2D eigenvalue weighted by atomic mass is 10.0. The molecule has 1 atom stereocenters. The first-order valence-electron chi connectivity index (χ1n) is 5.74. The molecule has 1 rings (SSSR count). The maximum absolute atomic E-state index is 12.0. The number of rotatable bonds is 4. The predicted octanol–water partition coefficient (Wildman–Crippen LogP) is 1.73. The van der Waals surface area contributed by atoms with E-state index in [9.17, 15) is 9.90 Å². The topological polar surface area (TPSA) is 66.6 Å². The number of carbonyl (C=O) groups is 1. The maximum atomic E-state index is 12.0. The number of anilines is 1. The van der Waals surface area contributed by atoms with Crippen LogP contribution in [0.3, 0.4) is 0 Å². The van der Waals surface area contributed by atoms with Crippen LogP contribution in [0.25, 0.3) is 0 Å². The van der Waals surface area contributed by atoms with E-state index in [1.165, 1.54) is 4.90 Å². The monoisotopic (exact) mass is 236 g/mol. The fourth-order valence-corrected chi connectivity index (χ4v) is 1.66. The molecule has 0 spiro atoms. The quantitative estimate of drug-likeness (QED) is 0.836. The van der Waals surface area contributed by atoms with Gasteiger partial charge in [0.2, 0.25) is 5.91 Å². The van der Waals surface area contributed by atoms with Crippen molar-refractivity contribution in [1.29, 1.82) is 0 Å². The number of nitrogens with two attached hydrogens (primary N) is 1. The van der Waals surface area contributed by atoms with Crippen LogP contribution in [0.5, 0.6) is 5.75 Å². The minimum absolute atomic E-state index is 0.107. The van der Waals surface area contributed by atoms with Crippen LogP contribution in [0.15, 0.2) is 24.3 Å².